The Bertz CT molecular complexity index is 991. The summed E-state index contributed by atoms with van der Waals surface area (Å²) < 4.78 is 6.14. The Hall–Kier alpha value is -0.790. The third-order valence-electron chi connectivity index (χ3n) is 5.04. The lowest BCUT2D eigenvalue weighted by molar-refractivity contribution is -0.0543. The van der Waals surface area contributed by atoms with Gasteiger partial charge in [0.05, 0.1) is 12.2 Å². The summed E-state index contributed by atoms with van der Waals surface area (Å²) in [5.41, 5.74) is 2.40. The van der Waals surface area contributed by atoms with Crippen LogP contribution in [-0.4, -0.2) is 21.8 Å². The van der Waals surface area contributed by atoms with Gasteiger partial charge in [-0.15, -0.1) is 23.1 Å². The van der Waals surface area contributed by atoms with Gasteiger partial charge in [0.2, 0.25) is 0 Å². The summed E-state index contributed by atoms with van der Waals surface area (Å²) in [7, 11) is 0. The summed E-state index contributed by atoms with van der Waals surface area (Å²) in [6.07, 6.45) is 3.94. The van der Waals surface area contributed by atoms with Gasteiger partial charge >= 0.3 is 0 Å². The fraction of sp³-hybridized carbons (Fsp3) is 0.400. The van der Waals surface area contributed by atoms with Crippen LogP contribution in [0, 0.1) is 0 Å². The van der Waals surface area contributed by atoms with E-state index in [1.165, 1.54) is 15.8 Å². The quantitative estimate of drug-likeness (QED) is 0.255. The first kappa shape index (κ1) is 19.5. The highest BCUT2D eigenvalue weighted by atomic mass is 35.5. The molecule has 1 aliphatic rings. The lowest BCUT2D eigenvalue weighted by Gasteiger charge is -2.33. The van der Waals surface area contributed by atoms with Gasteiger partial charge in [-0.2, -0.15) is 0 Å². The molecular weight excluding hydrogens is 416 g/mol. The minimum atomic E-state index is -0.107. The van der Waals surface area contributed by atoms with Crippen LogP contribution in [0.5, 0.6) is 0 Å². The molecule has 0 unspecified atom stereocenters. The van der Waals surface area contributed by atoms with Crippen LogP contribution in [0.3, 0.4) is 0 Å². The van der Waals surface area contributed by atoms with E-state index in [1.54, 1.807) is 34.9 Å². The van der Waals surface area contributed by atoms with Crippen LogP contribution in [0.1, 0.15) is 36.3 Å². The predicted molar refractivity (Wildman–Crippen MR) is 117 cm³/mol. The van der Waals surface area contributed by atoms with Crippen LogP contribution in [0.15, 0.2) is 34.4 Å². The van der Waals surface area contributed by atoms with Gasteiger partial charge in [-0.25, -0.2) is 9.97 Å². The Morgan fingerprint density at radius 1 is 1.30 bits per heavy atom. The average Bonchev–Trinajstić information content (AvgIpc) is 3.04. The number of hydrogen-bond donors (Lipinski definition) is 0. The molecule has 0 radical (unpaired) electrons. The Kier molecular flexibility index (Phi) is 5.72. The van der Waals surface area contributed by atoms with Crippen LogP contribution in [0.25, 0.3) is 10.2 Å². The first-order valence-corrected chi connectivity index (χ1v) is 12.3. The smallest absolute Gasteiger partial charge is 0.189 e. The number of aromatic nitrogens is 2. The molecule has 27 heavy (non-hydrogen) atoms. The lowest BCUT2D eigenvalue weighted by Crippen LogP contribution is -2.33. The second-order valence-corrected chi connectivity index (χ2v) is 10.1. The monoisotopic (exact) mass is 436 g/mol. The summed E-state index contributed by atoms with van der Waals surface area (Å²) in [6.45, 7) is 5.06. The topological polar surface area (TPSA) is 35.0 Å². The molecule has 0 saturated heterocycles. The Balaban J connectivity index is 1.76. The van der Waals surface area contributed by atoms with Crippen molar-refractivity contribution in [2.24, 2.45) is 0 Å². The summed E-state index contributed by atoms with van der Waals surface area (Å²) in [6, 6.07) is 8.01. The number of thiophene rings is 1. The van der Waals surface area contributed by atoms with Crippen LogP contribution in [0.2, 0.25) is 5.02 Å². The van der Waals surface area contributed by atoms with Crippen LogP contribution < -0.4 is 0 Å². The molecule has 3 heterocycles. The van der Waals surface area contributed by atoms with Crippen molar-refractivity contribution >= 4 is 56.7 Å². The minimum Gasteiger partial charge on any atom is -0.369 e. The molecule has 142 valence electrons. The standard InChI is InChI=1S/C20H21ClN2OS3/c1-4-20(2)9-13-15(10-24-20)27-18-16(13)17(22-19(23-18)25-3)26-11-12-7-5-6-8-14(12)21/h5-8H,4,9-11H2,1-3H3/t20-/m1/s1. The van der Waals surface area contributed by atoms with Gasteiger partial charge in [0, 0.05) is 27.5 Å². The number of rotatable bonds is 5. The Labute approximate surface area is 177 Å². The molecule has 1 atom stereocenters. The Morgan fingerprint density at radius 3 is 2.85 bits per heavy atom. The van der Waals surface area contributed by atoms with E-state index in [2.05, 4.69) is 19.9 Å². The van der Waals surface area contributed by atoms with Gasteiger partial charge in [0.15, 0.2) is 5.16 Å². The number of benzene rings is 1. The molecule has 1 aliphatic heterocycles. The summed E-state index contributed by atoms with van der Waals surface area (Å²) in [5, 5.41) is 3.90. The van der Waals surface area contributed by atoms with Crippen LogP contribution >= 0.6 is 46.5 Å². The van der Waals surface area contributed by atoms with E-state index in [0.717, 1.165) is 44.2 Å². The van der Waals surface area contributed by atoms with Crippen molar-refractivity contribution in [1.29, 1.82) is 0 Å². The first-order chi connectivity index (χ1) is 13.0. The van der Waals surface area contributed by atoms with Gasteiger partial charge in [-0.1, -0.05) is 48.5 Å². The number of nitrogens with zero attached hydrogens (tertiary/aromatic N) is 2. The van der Waals surface area contributed by atoms with E-state index >= 15 is 0 Å². The normalized spacial score (nSPS) is 19.4. The number of hydrogen-bond acceptors (Lipinski definition) is 6. The van der Waals surface area contributed by atoms with Crippen molar-refractivity contribution in [1.82, 2.24) is 9.97 Å². The van der Waals surface area contributed by atoms with Crippen molar-refractivity contribution in [3.63, 3.8) is 0 Å². The summed E-state index contributed by atoms with van der Waals surface area (Å²) in [5.74, 6) is 0.797. The maximum Gasteiger partial charge on any atom is 0.189 e. The highest BCUT2D eigenvalue weighted by molar-refractivity contribution is 7.99. The number of fused-ring (bicyclic) bond motifs is 3. The molecular formula is C20H21ClN2OS3. The van der Waals surface area contributed by atoms with E-state index in [0.29, 0.717) is 6.61 Å². The first-order valence-electron chi connectivity index (χ1n) is 8.89. The van der Waals surface area contributed by atoms with E-state index in [4.69, 9.17) is 26.3 Å². The number of halogens is 1. The van der Waals surface area contributed by atoms with Crippen molar-refractivity contribution in [3.8, 4) is 0 Å². The molecule has 7 heteroatoms. The van der Waals surface area contributed by atoms with E-state index in [9.17, 15) is 0 Å². The van der Waals surface area contributed by atoms with Crippen molar-refractivity contribution in [2.45, 2.75) is 54.8 Å². The zero-order chi connectivity index (χ0) is 19.0. The van der Waals surface area contributed by atoms with Crippen LogP contribution in [-0.2, 0) is 23.5 Å². The van der Waals surface area contributed by atoms with Gasteiger partial charge < -0.3 is 4.74 Å². The minimum absolute atomic E-state index is 0.107. The fourth-order valence-electron chi connectivity index (χ4n) is 3.20. The lowest BCUT2D eigenvalue weighted by atomic mass is 9.90. The van der Waals surface area contributed by atoms with Crippen molar-refractivity contribution < 1.29 is 4.74 Å². The second kappa shape index (κ2) is 7.91. The van der Waals surface area contributed by atoms with E-state index < -0.39 is 0 Å². The number of ether oxygens (including phenoxy) is 1. The molecule has 0 bridgehead atoms. The highest BCUT2D eigenvalue weighted by Crippen LogP contribution is 2.43. The second-order valence-electron chi connectivity index (χ2n) is 6.85. The van der Waals surface area contributed by atoms with E-state index in [-0.39, 0.29) is 5.60 Å². The fourth-order valence-corrected chi connectivity index (χ4v) is 6.19. The molecule has 1 aromatic carbocycles. The third kappa shape index (κ3) is 3.87. The molecule has 0 N–H and O–H groups in total. The average molecular weight is 437 g/mol. The highest BCUT2D eigenvalue weighted by Gasteiger charge is 2.33. The SMILES string of the molecule is CC[C@]1(C)Cc2c(sc3nc(SC)nc(SCc4ccccc4Cl)c23)CO1. The van der Waals surface area contributed by atoms with E-state index in [1.807, 2.05) is 24.5 Å². The van der Waals surface area contributed by atoms with Gasteiger partial charge in [-0.05, 0) is 36.8 Å². The molecule has 0 aliphatic carbocycles. The largest absolute Gasteiger partial charge is 0.369 e. The maximum absolute atomic E-state index is 6.35. The molecule has 3 aromatic rings. The Morgan fingerprint density at radius 2 is 2.11 bits per heavy atom. The zero-order valence-electron chi connectivity index (χ0n) is 15.5. The molecule has 0 fully saturated rings. The summed E-state index contributed by atoms with van der Waals surface area (Å²) in [4.78, 5) is 12.0. The molecule has 0 amide bonds. The zero-order valence-corrected chi connectivity index (χ0v) is 18.7. The third-order valence-corrected chi connectivity index (χ3v) is 8.08. The van der Waals surface area contributed by atoms with Gasteiger partial charge in [0.25, 0.3) is 0 Å². The molecule has 0 saturated carbocycles. The predicted octanol–water partition coefficient (Wildman–Crippen LogP) is 6.60. The van der Waals surface area contributed by atoms with Gasteiger partial charge in [0.1, 0.15) is 9.86 Å². The molecule has 4 rings (SSSR count). The number of thioether (sulfide) groups is 2. The van der Waals surface area contributed by atoms with Crippen molar-refractivity contribution in [3.05, 3.63) is 45.3 Å². The summed E-state index contributed by atoms with van der Waals surface area (Å²) >= 11 is 11.4. The van der Waals surface area contributed by atoms with Gasteiger partial charge in [-0.3, -0.25) is 0 Å². The van der Waals surface area contributed by atoms with Crippen molar-refractivity contribution in [2.75, 3.05) is 6.26 Å². The molecule has 3 nitrogen and oxygen atoms in total. The molecule has 0 spiro atoms. The van der Waals surface area contributed by atoms with Crippen LogP contribution in [0.4, 0.5) is 0 Å². The maximum atomic E-state index is 6.35. The molecule has 2 aromatic heterocycles.